The summed E-state index contributed by atoms with van der Waals surface area (Å²) >= 11 is 1.58. The van der Waals surface area contributed by atoms with E-state index in [0.717, 1.165) is 26.2 Å². The van der Waals surface area contributed by atoms with E-state index in [0.29, 0.717) is 11.2 Å². The fourth-order valence-corrected chi connectivity index (χ4v) is 2.87. The number of ether oxygens (including phenoxy) is 1. The molecule has 1 aromatic rings. The minimum Gasteiger partial charge on any atom is -0.377 e. The molecule has 0 bridgehead atoms. The number of nitrogens with two attached hydrogens (primary N) is 1. The van der Waals surface area contributed by atoms with Gasteiger partial charge in [-0.2, -0.15) is 0 Å². The van der Waals surface area contributed by atoms with Crippen LogP contribution >= 0.6 is 11.3 Å². The first-order valence-electron chi connectivity index (χ1n) is 5.82. The summed E-state index contributed by atoms with van der Waals surface area (Å²) in [6.45, 7) is 6.01. The van der Waals surface area contributed by atoms with Gasteiger partial charge in [-0.15, -0.1) is 11.3 Å². The molecule has 2 rings (SSSR count). The van der Waals surface area contributed by atoms with Gasteiger partial charge in [0.15, 0.2) is 5.13 Å². The van der Waals surface area contributed by atoms with Crippen LogP contribution in [0.25, 0.3) is 0 Å². The number of rotatable bonds is 4. The predicted molar refractivity (Wildman–Crippen MR) is 66.5 cm³/mol. The molecule has 5 heteroatoms. The predicted octanol–water partition coefficient (Wildman–Crippen LogP) is 1.73. The van der Waals surface area contributed by atoms with Gasteiger partial charge in [0.25, 0.3) is 0 Å². The zero-order valence-electron chi connectivity index (χ0n) is 9.69. The third kappa shape index (κ3) is 3.17. The number of aromatic nitrogens is 1. The van der Waals surface area contributed by atoms with Crippen LogP contribution in [0.5, 0.6) is 0 Å². The van der Waals surface area contributed by atoms with Gasteiger partial charge < -0.3 is 10.5 Å². The lowest BCUT2D eigenvalue weighted by molar-refractivity contribution is 0.00388. The molecule has 0 amide bonds. The average molecular weight is 241 g/mol. The number of likely N-dealkylation sites (tertiary alicyclic amines) is 1. The van der Waals surface area contributed by atoms with Crippen molar-refractivity contribution in [2.24, 2.45) is 0 Å². The van der Waals surface area contributed by atoms with Gasteiger partial charge in [-0.05, 0) is 26.3 Å². The topological polar surface area (TPSA) is 51.4 Å². The van der Waals surface area contributed by atoms with Crippen LogP contribution in [0.4, 0.5) is 5.13 Å². The van der Waals surface area contributed by atoms with Crippen molar-refractivity contribution >= 4 is 16.5 Å². The fourth-order valence-electron chi connectivity index (χ4n) is 2.14. The summed E-state index contributed by atoms with van der Waals surface area (Å²) in [5.74, 6) is 0. The quantitative estimate of drug-likeness (QED) is 0.872. The van der Waals surface area contributed by atoms with Crippen molar-refractivity contribution in [2.45, 2.75) is 32.4 Å². The summed E-state index contributed by atoms with van der Waals surface area (Å²) in [6.07, 6.45) is 4.70. The number of nitrogen functional groups attached to an aromatic ring is 1. The van der Waals surface area contributed by atoms with E-state index in [1.807, 2.05) is 6.20 Å². The molecule has 1 fully saturated rings. The summed E-state index contributed by atoms with van der Waals surface area (Å²) in [7, 11) is 0. The van der Waals surface area contributed by atoms with Gasteiger partial charge in [0, 0.05) is 30.8 Å². The Labute approximate surface area is 100 Å². The van der Waals surface area contributed by atoms with Gasteiger partial charge in [0.1, 0.15) is 0 Å². The summed E-state index contributed by atoms with van der Waals surface area (Å²) in [4.78, 5) is 7.75. The molecule has 1 atom stereocenters. The summed E-state index contributed by atoms with van der Waals surface area (Å²) in [5, 5.41) is 0.661. The second kappa shape index (κ2) is 5.61. The average Bonchev–Trinajstić information content (AvgIpc) is 2.65. The zero-order chi connectivity index (χ0) is 11.4. The van der Waals surface area contributed by atoms with Crippen molar-refractivity contribution in [3.8, 4) is 0 Å². The molecule has 2 N–H and O–H groups in total. The third-order valence-corrected chi connectivity index (χ3v) is 3.63. The minimum absolute atomic E-state index is 0.406. The Bertz CT molecular complexity index is 327. The van der Waals surface area contributed by atoms with E-state index >= 15 is 0 Å². The first kappa shape index (κ1) is 11.8. The van der Waals surface area contributed by atoms with Crippen LogP contribution in [0, 0.1) is 0 Å². The standard InChI is InChI=1S/C11H19N3OS/c1-2-15-9-4-3-5-14(7-9)8-10-6-13-11(12)16-10/h6,9H,2-5,7-8H2,1H3,(H2,12,13). The maximum Gasteiger partial charge on any atom is 0.180 e. The largest absolute Gasteiger partial charge is 0.377 e. The summed E-state index contributed by atoms with van der Waals surface area (Å²) in [5.41, 5.74) is 5.62. The smallest absolute Gasteiger partial charge is 0.180 e. The van der Waals surface area contributed by atoms with Crippen LogP contribution in [0.2, 0.25) is 0 Å². The molecule has 0 aliphatic carbocycles. The van der Waals surface area contributed by atoms with Crippen LogP contribution in [0.15, 0.2) is 6.20 Å². The molecule has 1 saturated heterocycles. The molecule has 1 aliphatic heterocycles. The Morgan fingerprint density at radius 1 is 1.69 bits per heavy atom. The van der Waals surface area contributed by atoms with Crippen LogP contribution < -0.4 is 5.73 Å². The molecule has 0 spiro atoms. The number of thiazole rings is 1. The van der Waals surface area contributed by atoms with E-state index < -0.39 is 0 Å². The molecular weight excluding hydrogens is 222 g/mol. The first-order valence-corrected chi connectivity index (χ1v) is 6.63. The van der Waals surface area contributed by atoms with Gasteiger partial charge in [-0.1, -0.05) is 0 Å². The maximum atomic E-state index is 5.68. The van der Waals surface area contributed by atoms with Gasteiger partial charge in [-0.25, -0.2) is 4.98 Å². The van der Waals surface area contributed by atoms with Gasteiger partial charge in [0.2, 0.25) is 0 Å². The lowest BCUT2D eigenvalue weighted by Gasteiger charge is -2.31. The Morgan fingerprint density at radius 2 is 2.56 bits per heavy atom. The third-order valence-electron chi connectivity index (χ3n) is 2.82. The lowest BCUT2D eigenvalue weighted by Crippen LogP contribution is -2.39. The Balaban J connectivity index is 1.85. The van der Waals surface area contributed by atoms with Crippen molar-refractivity contribution in [1.29, 1.82) is 0 Å². The number of piperidine rings is 1. The van der Waals surface area contributed by atoms with E-state index in [2.05, 4.69) is 16.8 Å². The Kier molecular flexibility index (Phi) is 4.15. The highest BCUT2D eigenvalue weighted by Crippen LogP contribution is 2.20. The molecule has 90 valence electrons. The molecule has 1 aromatic heterocycles. The van der Waals surface area contributed by atoms with Gasteiger partial charge in [-0.3, -0.25) is 4.90 Å². The highest BCUT2D eigenvalue weighted by Gasteiger charge is 2.20. The zero-order valence-corrected chi connectivity index (χ0v) is 10.5. The monoisotopic (exact) mass is 241 g/mol. The molecule has 0 aromatic carbocycles. The van der Waals surface area contributed by atoms with Crippen molar-refractivity contribution in [2.75, 3.05) is 25.4 Å². The normalized spacial score (nSPS) is 22.4. The minimum atomic E-state index is 0.406. The fraction of sp³-hybridized carbons (Fsp3) is 0.727. The van der Waals surface area contributed by atoms with Crippen LogP contribution in [0.1, 0.15) is 24.6 Å². The molecule has 0 radical (unpaired) electrons. The Hall–Kier alpha value is -0.650. The molecule has 1 unspecified atom stereocenters. The molecular formula is C11H19N3OS. The van der Waals surface area contributed by atoms with Crippen molar-refractivity contribution in [3.63, 3.8) is 0 Å². The van der Waals surface area contributed by atoms with Crippen molar-refractivity contribution in [3.05, 3.63) is 11.1 Å². The van der Waals surface area contributed by atoms with Crippen molar-refractivity contribution in [1.82, 2.24) is 9.88 Å². The number of nitrogens with zero attached hydrogens (tertiary/aromatic N) is 2. The van der Waals surface area contributed by atoms with Crippen LogP contribution in [0.3, 0.4) is 0 Å². The Morgan fingerprint density at radius 3 is 3.25 bits per heavy atom. The molecule has 2 heterocycles. The van der Waals surface area contributed by atoms with E-state index in [4.69, 9.17) is 10.5 Å². The van der Waals surface area contributed by atoms with E-state index in [9.17, 15) is 0 Å². The number of hydrogen-bond donors (Lipinski definition) is 1. The highest BCUT2D eigenvalue weighted by molar-refractivity contribution is 7.15. The lowest BCUT2D eigenvalue weighted by atomic mass is 10.1. The maximum absolute atomic E-state index is 5.68. The highest BCUT2D eigenvalue weighted by atomic mass is 32.1. The molecule has 16 heavy (non-hydrogen) atoms. The van der Waals surface area contributed by atoms with Crippen LogP contribution in [-0.4, -0.2) is 35.7 Å². The molecule has 4 nitrogen and oxygen atoms in total. The SMILES string of the molecule is CCOC1CCCN(Cc2cnc(N)s2)C1. The van der Waals surface area contributed by atoms with E-state index in [1.54, 1.807) is 11.3 Å². The van der Waals surface area contributed by atoms with E-state index in [1.165, 1.54) is 17.7 Å². The van der Waals surface area contributed by atoms with Gasteiger partial charge >= 0.3 is 0 Å². The van der Waals surface area contributed by atoms with Crippen molar-refractivity contribution < 1.29 is 4.74 Å². The first-order chi connectivity index (χ1) is 7.78. The summed E-state index contributed by atoms with van der Waals surface area (Å²) < 4.78 is 5.68. The van der Waals surface area contributed by atoms with Crippen LogP contribution in [-0.2, 0) is 11.3 Å². The van der Waals surface area contributed by atoms with E-state index in [-0.39, 0.29) is 0 Å². The van der Waals surface area contributed by atoms with Gasteiger partial charge in [0.05, 0.1) is 6.10 Å². The molecule has 0 saturated carbocycles. The second-order valence-electron chi connectivity index (χ2n) is 4.12. The number of hydrogen-bond acceptors (Lipinski definition) is 5. The second-order valence-corrected chi connectivity index (χ2v) is 5.27. The summed E-state index contributed by atoms with van der Waals surface area (Å²) in [6, 6.07) is 0. The number of anilines is 1. The molecule has 1 aliphatic rings.